The molecule has 3 rings (SSSR count). The third kappa shape index (κ3) is 3.28. The van der Waals surface area contributed by atoms with Gasteiger partial charge in [0.25, 0.3) is 0 Å². The first-order chi connectivity index (χ1) is 11.7. The van der Waals surface area contributed by atoms with E-state index in [9.17, 15) is 5.11 Å². The summed E-state index contributed by atoms with van der Waals surface area (Å²) in [6.07, 6.45) is 0.815. The summed E-state index contributed by atoms with van der Waals surface area (Å²) in [4.78, 5) is 0. The molecule has 3 aromatic rings. The Balaban J connectivity index is 1.92. The summed E-state index contributed by atoms with van der Waals surface area (Å²) in [6, 6.07) is 24.0. The number of methoxy groups -OCH3 is 1. The van der Waals surface area contributed by atoms with Crippen LogP contribution in [0.3, 0.4) is 0 Å². The van der Waals surface area contributed by atoms with E-state index >= 15 is 0 Å². The van der Waals surface area contributed by atoms with Crippen molar-refractivity contribution in [3.05, 3.63) is 83.9 Å². The summed E-state index contributed by atoms with van der Waals surface area (Å²) in [7, 11) is 1.69. The Morgan fingerprint density at radius 3 is 2.33 bits per heavy atom. The Morgan fingerprint density at radius 1 is 0.875 bits per heavy atom. The quantitative estimate of drug-likeness (QED) is 0.681. The van der Waals surface area contributed by atoms with Crippen LogP contribution in [0.4, 0.5) is 0 Å². The molecule has 0 fully saturated rings. The molecule has 0 aliphatic carbocycles. The van der Waals surface area contributed by atoms with Crippen molar-refractivity contribution >= 4 is 0 Å². The van der Waals surface area contributed by atoms with Gasteiger partial charge in [-0.1, -0.05) is 73.7 Å². The summed E-state index contributed by atoms with van der Waals surface area (Å²) in [5.41, 5.74) is 4.01. The minimum absolute atomic E-state index is 0.185. The number of phenolic OH excluding ortho intramolecular Hbond substituents is 1. The molecule has 3 aromatic carbocycles. The highest BCUT2D eigenvalue weighted by Crippen LogP contribution is 2.37. The Hall–Kier alpha value is -2.74. The van der Waals surface area contributed by atoms with Crippen LogP contribution in [0.25, 0.3) is 11.1 Å². The molecule has 0 saturated carbocycles. The molecule has 2 heteroatoms. The zero-order chi connectivity index (χ0) is 16.9. The number of para-hydroxylation sites is 2. The van der Waals surface area contributed by atoms with Crippen LogP contribution >= 0.6 is 0 Å². The Bertz CT molecular complexity index is 809. The molecular formula is C22H22O2. The highest BCUT2D eigenvalue weighted by molar-refractivity contribution is 5.72. The predicted octanol–water partition coefficient (Wildman–Crippen LogP) is 5.41. The molecule has 0 heterocycles. The molecule has 0 spiro atoms. The summed E-state index contributed by atoms with van der Waals surface area (Å²) < 4.78 is 5.44. The molecular weight excluding hydrogens is 296 g/mol. The zero-order valence-corrected chi connectivity index (χ0v) is 14.1. The van der Waals surface area contributed by atoms with Gasteiger partial charge in [-0.05, 0) is 35.1 Å². The van der Waals surface area contributed by atoms with E-state index in [0.29, 0.717) is 5.75 Å². The molecule has 0 aliphatic heterocycles. The number of hydrogen-bond donors (Lipinski definition) is 1. The standard InChI is InChI=1S/C22H22O2/c1-16(15-18-11-6-7-14-21(18)24-2)19-12-8-13-20(22(19)23)17-9-4-3-5-10-17/h3-14,16,23H,15H2,1-2H3. The topological polar surface area (TPSA) is 29.5 Å². The van der Waals surface area contributed by atoms with Crippen LogP contribution in [-0.2, 0) is 6.42 Å². The lowest BCUT2D eigenvalue weighted by molar-refractivity contribution is 0.408. The third-order valence-corrected chi connectivity index (χ3v) is 4.40. The fourth-order valence-corrected chi connectivity index (χ4v) is 3.12. The normalized spacial score (nSPS) is 11.9. The minimum Gasteiger partial charge on any atom is -0.507 e. The molecule has 0 saturated heterocycles. The molecule has 0 radical (unpaired) electrons. The molecule has 1 N–H and O–H groups in total. The molecule has 0 aromatic heterocycles. The SMILES string of the molecule is COc1ccccc1CC(C)c1cccc(-c2ccccc2)c1O. The lowest BCUT2D eigenvalue weighted by Crippen LogP contribution is -2.01. The van der Waals surface area contributed by atoms with Gasteiger partial charge in [-0.15, -0.1) is 0 Å². The second-order valence-electron chi connectivity index (χ2n) is 6.03. The lowest BCUT2D eigenvalue weighted by Gasteiger charge is -2.17. The van der Waals surface area contributed by atoms with Crippen LogP contribution in [0.2, 0.25) is 0 Å². The molecule has 24 heavy (non-hydrogen) atoms. The number of phenols is 1. The molecule has 1 atom stereocenters. The van der Waals surface area contributed by atoms with Crippen molar-refractivity contribution in [1.29, 1.82) is 0 Å². The zero-order valence-electron chi connectivity index (χ0n) is 14.1. The number of aromatic hydroxyl groups is 1. The van der Waals surface area contributed by atoms with Gasteiger partial charge < -0.3 is 9.84 Å². The molecule has 122 valence electrons. The van der Waals surface area contributed by atoms with Gasteiger partial charge in [0.05, 0.1) is 7.11 Å². The van der Waals surface area contributed by atoms with Crippen molar-refractivity contribution in [3.8, 4) is 22.6 Å². The fourth-order valence-electron chi connectivity index (χ4n) is 3.12. The maximum atomic E-state index is 10.8. The highest BCUT2D eigenvalue weighted by Gasteiger charge is 2.16. The Labute approximate surface area is 143 Å². The second-order valence-corrected chi connectivity index (χ2v) is 6.03. The number of benzene rings is 3. The van der Waals surface area contributed by atoms with Gasteiger partial charge in [0, 0.05) is 5.56 Å². The van der Waals surface area contributed by atoms with Gasteiger partial charge in [-0.3, -0.25) is 0 Å². The van der Waals surface area contributed by atoms with Crippen molar-refractivity contribution < 1.29 is 9.84 Å². The van der Waals surface area contributed by atoms with Crippen LogP contribution in [0.5, 0.6) is 11.5 Å². The smallest absolute Gasteiger partial charge is 0.126 e. The first-order valence-corrected chi connectivity index (χ1v) is 8.20. The first kappa shape index (κ1) is 16.1. The number of hydrogen-bond acceptors (Lipinski definition) is 2. The van der Waals surface area contributed by atoms with Crippen molar-refractivity contribution in [2.24, 2.45) is 0 Å². The average Bonchev–Trinajstić information content (AvgIpc) is 2.63. The summed E-state index contributed by atoms with van der Waals surface area (Å²) in [6.45, 7) is 2.14. The van der Waals surface area contributed by atoms with Crippen LogP contribution in [-0.4, -0.2) is 12.2 Å². The third-order valence-electron chi connectivity index (χ3n) is 4.40. The van der Waals surface area contributed by atoms with Gasteiger partial charge >= 0.3 is 0 Å². The van der Waals surface area contributed by atoms with E-state index < -0.39 is 0 Å². The van der Waals surface area contributed by atoms with Gasteiger partial charge in [0.1, 0.15) is 11.5 Å². The van der Waals surface area contributed by atoms with Crippen molar-refractivity contribution in [3.63, 3.8) is 0 Å². The van der Waals surface area contributed by atoms with E-state index in [1.54, 1.807) is 7.11 Å². The maximum Gasteiger partial charge on any atom is 0.126 e. The van der Waals surface area contributed by atoms with Crippen molar-refractivity contribution in [1.82, 2.24) is 0 Å². The van der Waals surface area contributed by atoms with Crippen LogP contribution in [0, 0.1) is 0 Å². The minimum atomic E-state index is 0.185. The van der Waals surface area contributed by atoms with Crippen LogP contribution in [0.15, 0.2) is 72.8 Å². The Kier molecular flexibility index (Phi) is 4.85. The van der Waals surface area contributed by atoms with E-state index in [2.05, 4.69) is 13.0 Å². The van der Waals surface area contributed by atoms with Gasteiger partial charge in [0.15, 0.2) is 0 Å². The van der Waals surface area contributed by atoms with E-state index in [-0.39, 0.29) is 5.92 Å². The monoisotopic (exact) mass is 318 g/mol. The molecule has 2 nitrogen and oxygen atoms in total. The number of ether oxygens (including phenoxy) is 1. The van der Waals surface area contributed by atoms with Crippen LogP contribution in [0.1, 0.15) is 24.0 Å². The lowest BCUT2D eigenvalue weighted by atomic mass is 9.90. The van der Waals surface area contributed by atoms with Gasteiger partial charge in [-0.25, -0.2) is 0 Å². The summed E-state index contributed by atoms with van der Waals surface area (Å²) in [5.74, 6) is 1.44. The van der Waals surface area contributed by atoms with Gasteiger partial charge in [0.2, 0.25) is 0 Å². The molecule has 0 amide bonds. The van der Waals surface area contributed by atoms with Crippen LogP contribution < -0.4 is 4.74 Å². The molecule has 0 aliphatic rings. The highest BCUT2D eigenvalue weighted by atomic mass is 16.5. The van der Waals surface area contributed by atoms with Crippen molar-refractivity contribution in [2.75, 3.05) is 7.11 Å². The van der Waals surface area contributed by atoms with Crippen molar-refractivity contribution in [2.45, 2.75) is 19.3 Å². The second kappa shape index (κ2) is 7.22. The largest absolute Gasteiger partial charge is 0.507 e. The van der Waals surface area contributed by atoms with E-state index in [0.717, 1.165) is 34.4 Å². The predicted molar refractivity (Wildman–Crippen MR) is 98.7 cm³/mol. The van der Waals surface area contributed by atoms with E-state index in [4.69, 9.17) is 4.74 Å². The number of rotatable bonds is 5. The Morgan fingerprint density at radius 2 is 1.58 bits per heavy atom. The fraction of sp³-hybridized carbons (Fsp3) is 0.182. The van der Waals surface area contributed by atoms with E-state index in [1.165, 1.54) is 0 Å². The maximum absolute atomic E-state index is 10.8. The molecule has 0 bridgehead atoms. The van der Waals surface area contributed by atoms with Gasteiger partial charge in [-0.2, -0.15) is 0 Å². The van der Waals surface area contributed by atoms with E-state index in [1.807, 2.05) is 66.7 Å². The summed E-state index contributed by atoms with van der Waals surface area (Å²) >= 11 is 0. The first-order valence-electron chi connectivity index (χ1n) is 8.20. The molecule has 1 unspecified atom stereocenters. The summed E-state index contributed by atoms with van der Waals surface area (Å²) in [5, 5.41) is 10.8. The average molecular weight is 318 g/mol.